The van der Waals surface area contributed by atoms with E-state index in [2.05, 4.69) is 4.90 Å². The Balaban J connectivity index is 1.93. The molecule has 94 valence electrons. The average molecular weight is 254 g/mol. The van der Waals surface area contributed by atoms with Gasteiger partial charge in [0.25, 0.3) is 5.91 Å². The van der Waals surface area contributed by atoms with Gasteiger partial charge in [-0.25, -0.2) is 0 Å². The van der Waals surface area contributed by atoms with E-state index in [9.17, 15) is 4.79 Å². The predicted octanol–water partition coefficient (Wildman–Crippen LogP) is 0.807. The summed E-state index contributed by atoms with van der Waals surface area (Å²) >= 11 is 1.58. The largest absolute Gasteiger partial charge is 0.395 e. The smallest absolute Gasteiger partial charge is 0.255 e. The fourth-order valence-corrected chi connectivity index (χ4v) is 2.89. The van der Waals surface area contributed by atoms with Gasteiger partial charge in [-0.05, 0) is 17.9 Å². The Labute approximate surface area is 105 Å². The van der Waals surface area contributed by atoms with Crippen molar-refractivity contribution in [1.29, 1.82) is 0 Å². The number of aliphatic hydroxyl groups is 1. The van der Waals surface area contributed by atoms with Gasteiger partial charge in [0.2, 0.25) is 0 Å². The Bertz CT molecular complexity index is 384. The van der Waals surface area contributed by atoms with Crippen LogP contribution in [0.3, 0.4) is 0 Å². The summed E-state index contributed by atoms with van der Waals surface area (Å²) in [6, 6.07) is 0. The second-order valence-corrected chi connectivity index (χ2v) is 5.07. The van der Waals surface area contributed by atoms with Crippen molar-refractivity contribution < 1.29 is 9.90 Å². The molecule has 0 radical (unpaired) electrons. The van der Waals surface area contributed by atoms with Gasteiger partial charge in [-0.3, -0.25) is 9.69 Å². The number of carbonyl (C=O) groups is 1. The topological polar surface area (TPSA) is 43.8 Å². The lowest BCUT2D eigenvalue weighted by Gasteiger charge is -2.34. The van der Waals surface area contributed by atoms with E-state index in [0.717, 1.165) is 37.3 Å². The molecule has 0 unspecified atom stereocenters. The van der Waals surface area contributed by atoms with E-state index >= 15 is 0 Å². The van der Waals surface area contributed by atoms with E-state index in [1.54, 1.807) is 11.3 Å². The summed E-state index contributed by atoms with van der Waals surface area (Å²) < 4.78 is 0. The van der Waals surface area contributed by atoms with E-state index in [4.69, 9.17) is 5.11 Å². The zero-order valence-electron chi connectivity index (χ0n) is 10.1. The summed E-state index contributed by atoms with van der Waals surface area (Å²) in [5.74, 6) is 0.146. The SMILES string of the molecule is Cc1cscc1C(=O)N1CCN(CCO)CC1. The second-order valence-electron chi connectivity index (χ2n) is 4.33. The van der Waals surface area contributed by atoms with Crippen LogP contribution in [0.5, 0.6) is 0 Å². The van der Waals surface area contributed by atoms with Crippen LogP contribution in [0.1, 0.15) is 15.9 Å². The summed E-state index contributed by atoms with van der Waals surface area (Å²) in [4.78, 5) is 16.3. The number of rotatable bonds is 3. The Hall–Kier alpha value is -0.910. The Kier molecular flexibility index (Phi) is 4.15. The normalized spacial score (nSPS) is 17.4. The molecule has 2 rings (SSSR count). The van der Waals surface area contributed by atoms with Crippen LogP contribution in [0.15, 0.2) is 10.8 Å². The van der Waals surface area contributed by atoms with Gasteiger partial charge in [0.05, 0.1) is 12.2 Å². The molecule has 1 saturated heterocycles. The molecule has 0 saturated carbocycles. The van der Waals surface area contributed by atoms with Crippen molar-refractivity contribution in [2.75, 3.05) is 39.3 Å². The third-order valence-corrected chi connectivity index (χ3v) is 4.02. The molecule has 0 aliphatic carbocycles. The first kappa shape index (κ1) is 12.5. The number of nitrogens with zero attached hydrogens (tertiary/aromatic N) is 2. The molecule has 4 nitrogen and oxygen atoms in total. The van der Waals surface area contributed by atoms with Crippen LogP contribution in [0.2, 0.25) is 0 Å². The molecule has 0 bridgehead atoms. The maximum absolute atomic E-state index is 12.2. The van der Waals surface area contributed by atoms with Crippen LogP contribution in [0.4, 0.5) is 0 Å². The summed E-state index contributed by atoms with van der Waals surface area (Å²) in [6.45, 7) is 6.11. The van der Waals surface area contributed by atoms with Crippen LogP contribution in [0.25, 0.3) is 0 Å². The minimum atomic E-state index is 0.146. The maximum Gasteiger partial charge on any atom is 0.255 e. The summed E-state index contributed by atoms with van der Waals surface area (Å²) in [5, 5.41) is 12.8. The zero-order chi connectivity index (χ0) is 12.3. The quantitative estimate of drug-likeness (QED) is 0.868. The highest BCUT2D eigenvalue weighted by Gasteiger charge is 2.22. The molecule has 0 aromatic carbocycles. The van der Waals surface area contributed by atoms with Gasteiger partial charge >= 0.3 is 0 Å². The van der Waals surface area contributed by atoms with Crippen LogP contribution < -0.4 is 0 Å². The van der Waals surface area contributed by atoms with Crippen molar-refractivity contribution in [1.82, 2.24) is 9.80 Å². The Morgan fingerprint density at radius 3 is 2.59 bits per heavy atom. The predicted molar refractivity (Wildman–Crippen MR) is 68.5 cm³/mol. The Morgan fingerprint density at radius 2 is 2.06 bits per heavy atom. The number of hydrogen-bond donors (Lipinski definition) is 1. The monoisotopic (exact) mass is 254 g/mol. The number of carbonyl (C=O) groups excluding carboxylic acids is 1. The summed E-state index contributed by atoms with van der Waals surface area (Å²) in [5.41, 5.74) is 1.91. The first-order valence-electron chi connectivity index (χ1n) is 5.87. The number of amides is 1. The lowest BCUT2D eigenvalue weighted by Crippen LogP contribution is -2.49. The van der Waals surface area contributed by atoms with Crippen LogP contribution in [-0.2, 0) is 0 Å². The molecule has 1 amide bonds. The molecular formula is C12H18N2O2S. The van der Waals surface area contributed by atoms with Gasteiger partial charge in [-0.2, -0.15) is 11.3 Å². The minimum Gasteiger partial charge on any atom is -0.395 e. The van der Waals surface area contributed by atoms with Gasteiger partial charge in [0, 0.05) is 38.1 Å². The first-order chi connectivity index (χ1) is 8.22. The average Bonchev–Trinajstić information content (AvgIpc) is 2.76. The van der Waals surface area contributed by atoms with Crippen LogP contribution in [-0.4, -0.2) is 60.1 Å². The van der Waals surface area contributed by atoms with Crippen molar-refractivity contribution >= 4 is 17.2 Å². The number of piperazine rings is 1. The fourth-order valence-electron chi connectivity index (χ4n) is 2.07. The molecule has 1 aromatic rings. The lowest BCUT2D eigenvalue weighted by atomic mass is 10.2. The van der Waals surface area contributed by atoms with Crippen molar-refractivity contribution in [3.63, 3.8) is 0 Å². The van der Waals surface area contributed by atoms with E-state index in [1.165, 1.54) is 0 Å². The molecule has 17 heavy (non-hydrogen) atoms. The molecule has 1 aromatic heterocycles. The molecule has 5 heteroatoms. The van der Waals surface area contributed by atoms with Gasteiger partial charge in [-0.1, -0.05) is 0 Å². The van der Waals surface area contributed by atoms with E-state index < -0.39 is 0 Å². The zero-order valence-corrected chi connectivity index (χ0v) is 10.9. The van der Waals surface area contributed by atoms with Crippen LogP contribution in [0, 0.1) is 6.92 Å². The molecule has 1 aliphatic heterocycles. The summed E-state index contributed by atoms with van der Waals surface area (Å²) in [7, 11) is 0. The van der Waals surface area contributed by atoms with Gasteiger partial charge in [0.15, 0.2) is 0 Å². The first-order valence-corrected chi connectivity index (χ1v) is 6.82. The summed E-state index contributed by atoms with van der Waals surface area (Å²) in [6.07, 6.45) is 0. The number of aliphatic hydroxyl groups excluding tert-OH is 1. The number of β-amino-alcohol motifs (C(OH)–C–C–N with tert-alkyl or cyclic N) is 1. The highest BCUT2D eigenvalue weighted by atomic mass is 32.1. The lowest BCUT2D eigenvalue weighted by molar-refractivity contribution is 0.0615. The number of aryl methyl sites for hydroxylation is 1. The molecule has 0 atom stereocenters. The minimum absolute atomic E-state index is 0.146. The molecule has 1 fully saturated rings. The maximum atomic E-state index is 12.2. The molecule has 0 spiro atoms. The standard InChI is InChI=1S/C12H18N2O2S/c1-10-8-17-9-11(10)12(16)14-4-2-13(3-5-14)6-7-15/h8-9,15H,2-7H2,1H3. The van der Waals surface area contributed by atoms with Crippen molar-refractivity contribution in [2.45, 2.75) is 6.92 Å². The fraction of sp³-hybridized carbons (Fsp3) is 0.583. The van der Waals surface area contributed by atoms with Gasteiger partial charge in [-0.15, -0.1) is 0 Å². The third kappa shape index (κ3) is 2.86. The second kappa shape index (κ2) is 5.62. The number of thiophene rings is 1. The van der Waals surface area contributed by atoms with Crippen molar-refractivity contribution in [2.24, 2.45) is 0 Å². The van der Waals surface area contributed by atoms with Crippen LogP contribution >= 0.6 is 11.3 Å². The van der Waals surface area contributed by atoms with E-state index in [-0.39, 0.29) is 12.5 Å². The van der Waals surface area contributed by atoms with Crippen molar-refractivity contribution in [3.05, 3.63) is 21.9 Å². The highest BCUT2D eigenvalue weighted by molar-refractivity contribution is 7.08. The number of hydrogen-bond acceptors (Lipinski definition) is 4. The molecule has 1 aliphatic rings. The highest BCUT2D eigenvalue weighted by Crippen LogP contribution is 2.17. The van der Waals surface area contributed by atoms with E-state index in [1.807, 2.05) is 22.6 Å². The van der Waals surface area contributed by atoms with Gasteiger partial charge < -0.3 is 10.0 Å². The molecule has 2 heterocycles. The van der Waals surface area contributed by atoms with Crippen molar-refractivity contribution in [3.8, 4) is 0 Å². The van der Waals surface area contributed by atoms with Gasteiger partial charge in [0.1, 0.15) is 0 Å². The molecule has 1 N–H and O–H groups in total. The third-order valence-electron chi connectivity index (χ3n) is 3.16. The van der Waals surface area contributed by atoms with E-state index in [0.29, 0.717) is 6.54 Å². The Morgan fingerprint density at radius 1 is 1.35 bits per heavy atom. The molecular weight excluding hydrogens is 236 g/mol.